The van der Waals surface area contributed by atoms with Gasteiger partial charge in [-0.1, -0.05) is 6.92 Å². The lowest BCUT2D eigenvalue weighted by atomic mass is 9.89. The van der Waals surface area contributed by atoms with E-state index in [1.165, 1.54) is 12.8 Å². The predicted octanol–water partition coefficient (Wildman–Crippen LogP) is 2.72. The summed E-state index contributed by atoms with van der Waals surface area (Å²) in [5.74, 6) is 2.05. The van der Waals surface area contributed by atoms with Gasteiger partial charge < -0.3 is 15.0 Å². The summed E-state index contributed by atoms with van der Waals surface area (Å²) in [5.41, 5.74) is 0. The van der Waals surface area contributed by atoms with Gasteiger partial charge in [0, 0.05) is 20.1 Å². The quantitative estimate of drug-likeness (QED) is 0.870. The Morgan fingerprint density at radius 1 is 1.10 bits per heavy atom. The van der Waals surface area contributed by atoms with Crippen LogP contribution in [-0.4, -0.2) is 41.2 Å². The van der Waals surface area contributed by atoms with E-state index in [0.29, 0.717) is 17.9 Å². The lowest BCUT2D eigenvalue weighted by Gasteiger charge is -2.26. The molecule has 1 fully saturated rings. The average Bonchev–Trinajstić information content (AvgIpc) is 2.50. The molecule has 21 heavy (non-hydrogen) atoms. The van der Waals surface area contributed by atoms with E-state index in [1.807, 2.05) is 7.05 Å². The predicted molar refractivity (Wildman–Crippen MR) is 85.0 cm³/mol. The summed E-state index contributed by atoms with van der Waals surface area (Å²) in [6, 6.07) is 0.441. The Labute approximate surface area is 127 Å². The Morgan fingerprint density at radius 2 is 1.76 bits per heavy atom. The van der Waals surface area contributed by atoms with Gasteiger partial charge in [0.2, 0.25) is 11.9 Å². The van der Waals surface area contributed by atoms with Crippen molar-refractivity contribution in [3.05, 3.63) is 0 Å². The Balaban J connectivity index is 2.12. The fourth-order valence-corrected chi connectivity index (χ4v) is 2.65. The molecule has 1 heterocycles. The van der Waals surface area contributed by atoms with Crippen molar-refractivity contribution in [1.29, 1.82) is 0 Å². The number of aromatic nitrogens is 3. The third-order valence-electron chi connectivity index (χ3n) is 4.11. The number of ether oxygens (including phenoxy) is 1. The van der Waals surface area contributed by atoms with E-state index < -0.39 is 0 Å². The van der Waals surface area contributed by atoms with Gasteiger partial charge in [0.15, 0.2) is 0 Å². The van der Waals surface area contributed by atoms with Gasteiger partial charge in [-0.3, -0.25) is 0 Å². The van der Waals surface area contributed by atoms with Gasteiger partial charge in [-0.05, 0) is 45.4 Å². The summed E-state index contributed by atoms with van der Waals surface area (Å²) < 4.78 is 6.00. The molecule has 6 heteroatoms. The van der Waals surface area contributed by atoms with Gasteiger partial charge in [0.25, 0.3) is 0 Å². The van der Waals surface area contributed by atoms with Crippen LogP contribution in [0.2, 0.25) is 0 Å². The molecule has 1 aromatic rings. The van der Waals surface area contributed by atoms with E-state index in [4.69, 9.17) is 4.74 Å². The summed E-state index contributed by atoms with van der Waals surface area (Å²) in [6.45, 7) is 8.22. The van der Waals surface area contributed by atoms with E-state index in [1.54, 1.807) is 0 Å². The first-order valence-corrected chi connectivity index (χ1v) is 8.01. The molecule has 1 aliphatic carbocycles. The molecule has 0 aliphatic heterocycles. The molecule has 1 aliphatic rings. The van der Waals surface area contributed by atoms with E-state index in [0.717, 1.165) is 31.8 Å². The number of hydrogen-bond acceptors (Lipinski definition) is 6. The van der Waals surface area contributed by atoms with Gasteiger partial charge in [-0.25, -0.2) is 0 Å². The van der Waals surface area contributed by atoms with E-state index in [2.05, 4.69) is 45.9 Å². The highest BCUT2D eigenvalue weighted by atomic mass is 16.5. The summed E-state index contributed by atoms with van der Waals surface area (Å²) in [4.78, 5) is 15.3. The third-order valence-corrected chi connectivity index (χ3v) is 4.11. The van der Waals surface area contributed by atoms with Gasteiger partial charge in [0.1, 0.15) is 6.10 Å². The topological polar surface area (TPSA) is 63.2 Å². The molecule has 0 radical (unpaired) electrons. The molecule has 0 unspecified atom stereocenters. The van der Waals surface area contributed by atoms with Crippen LogP contribution in [0.4, 0.5) is 11.9 Å². The van der Waals surface area contributed by atoms with Crippen LogP contribution in [0.25, 0.3) is 0 Å². The number of nitrogens with zero attached hydrogens (tertiary/aromatic N) is 4. The van der Waals surface area contributed by atoms with Crippen molar-refractivity contribution in [3.63, 3.8) is 0 Å². The molecule has 6 nitrogen and oxygen atoms in total. The molecule has 0 spiro atoms. The van der Waals surface area contributed by atoms with Gasteiger partial charge in [-0.2, -0.15) is 15.0 Å². The maximum absolute atomic E-state index is 6.00. The zero-order valence-corrected chi connectivity index (χ0v) is 13.6. The van der Waals surface area contributed by atoms with Crippen molar-refractivity contribution in [2.75, 3.05) is 30.4 Å². The zero-order valence-electron chi connectivity index (χ0n) is 13.6. The normalized spacial score (nSPS) is 21.9. The second kappa shape index (κ2) is 7.43. The van der Waals surface area contributed by atoms with E-state index in [9.17, 15) is 0 Å². The van der Waals surface area contributed by atoms with Crippen LogP contribution in [0.5, 0.6) is 6.01 Å². The molecule has 0 amide bonds. The lowest BCUT2D eigenvalue weighted by Crippen LogP contribution is -2.27. The second-order valence-corrected chi connectivity index (χ2v) is 5.66. The van der Waals surface area contributed by atoms with Crippen molar-refractivity contribution >= 4 is 11.9 Å². The monoisotopic (exact) mass is 293 g/mol. The van der Waals surface area contributed by atoms with Crippen LogP contribution >= 0.6 is 0 Å². The maximum Gasteiger partial charge on any atom is 0.323 e. The molecule has 0 saturated heterocycles. The molecule has 1 aromatic heterocycles. The maximum atomic E-state index is 6.00. The van der Waals surface area contributed by atoms with Crippen molar-refractivity contribution in [1.82, 2.24) is 15.0 Å². The summed E-state index contributed by atoms with van der Waals surface area (Å²) in [6.07, 6.45) is 4.84. The van der Waals surface area contributed by atoms with E-state index in [-0.39, 0.29) is 6.10 Å². The van der Waals surface area contributed by atoms with E-state index >= 15 is 0 Å². The molecular formula is C15H27N5O. The van der Waals surface area contributed by atoms with Gasteiger partial charge in [-0.15, -0.1) is 0 Å². The van der Waals surface area contributed by atoms with Crippen molar-refractivity contribution in [3.8, 4) is 6.01 Å². The van der Waals surface area contributed by atoms with Crippen LogP contribution in [0.1, 0.15) is 46.5 Å². The Morgan fingerprint density at radius 3 is 2.33 bits per heavy atom. The minimum absolute atomic E-state index is 0.234. The average molecular weight is 293 g/mol. The minimum Gasteiger partial charge on any atom is -0.460 e. The lowest BCUT2D eigenvalue weighted by molar-refractivity contribution is 0.124. The summed E-state index contributed by atoms with van der Waals surface area (Å²) in [5, 5.41) is 2.99. The molecule has 1 N–H and O–H groups in total. The highest BCUT2D eigenvalue weighted by molar-refractivity contribution is 5.37. The minimum atomic E-state index is 0.234. The highest BCUT2D eigenvalue weighted by Crippen LogP contribution is 2.26. The van der Waals surface area contributed by atoms with Crippen molar-refractivity contribution < 1.29 is 4.74 Å². The van der Waals surface area contributed by atoms with Crippen LogP contribution < -0.4 is 15.0 Å². The summed E-state index contributed by atoms with van der Waals surface area (Å²) >= 11 is 0. The first kappa shape index (κ1) is 15.8. The molecule has 118 valence electrons. The second-order valence-electron chi connectivity index (χ2n) is 5.66. The fourth-order valence-electron chi connectivity index (χ4n) is 2.65. The van der Waals surface area contributed by atoms with Crippen LogP contribution in [-0.2, 0) is 0 Å². The molecule has 2 rings (SSSR count). The van der Waals surface area contributed by atoms with Crippen molar-refractivity contribution in [2.24, 2.45) is 5.92 Å². The Hall–Kier alpha value is -1.59. The molecule has 0 bridgehead atoms. The standard InChI is InChI=1S/C15H27N5O/c1-5-20(6-2)14-17-13(16-4)18-15(19-14)21-12-9-7-11(3)8-10-12/h11-12H,5-10H2,1-4H3,(H,16,17,18,19). The van der Waals surface area contributed by atoms with Crippen LogP contribution in [0, 0.1) is 5.92 Å². The Bertz CT molecular complexity index is 442. The number of anilines is 2. The van der Waals surface area contributed by atoms with Gasteiger partial charge >= 0.3 is 6.01 Å². The summed E-state index contributed by atoms with van der Waals surface area (Å²) in [7, 11) is 1.81. The first-order valence-electron chi connectivity index (χ1n) is 8.01. The van der Waals surface area contributed by atoms with Crippen molar-refractivity contribution in [2.45, 2.75) is 52.6 Å². The largest absolute Gasteiger partial charge is 0.460 e. The Kier molecular flexibility index (Phi) is 5.59. The molecular weight excluding hydrogens is 266 g/mol. The number of rotatable bonds is 6. The molecule has 0 aromatic carbocycles. The molecule has 1 saturated carbocycles. The van der Waals surface area contributed by atoms with Gasteiger partial charge in [0.05, 0.1) is 0 Å². The molecule has 0 atom stereocenters. The highest BCUT2D eigenvalue weighted by Gasteiger charge is 2.21. The number of nitrogens with one attached hydrogen (secondary N) is 1. The SMILES string of the molecule is CCN(CC)c1nc(NC)nc(OC2CCC(C)CC2)n1. The first-order chi connectivity index (χ1) is 10.2. The zero-order chi connectivity index (χ0) is 15.2. The smallest absolute Gasteiger partial charge is 0.323 e. The number of hydrogen-bond donors (Lipinski definition) is 1. The fraction of sp³-hybridized carbons (Fsp3) is 0.800. The van der Waals surface area contributed by atoms with Crippen LogP contribution in [0.15, 0.2) is 0 Å². The third kappa shape index (κ3) is 4.19. The van der Waals surface area contributed by atoms with Crippen LogP contribution in [0.3, 0.4) is 0 Å².